The van der Waals surface area contributed by atoms with Crippen LogP contribution in [0.3, 0.4) is 0 Å². The summed E-state index contributed by atoms with van der Waals surface area (Å²) in [5.41, 5.74) is 0.405. The largest absolute Gasteiger partial charge is 0.359 e. The van der Waals surface area contributed by atoms with Gasteiger partial charge in [0.25, 0.3) is 0 Å². The molecule has 0 aromatic carbocycles. The zero-order valence-electron chi connectivity index (χ0n) is 10.4. The van der Waals surface area contributed by atoms with Crippen molar-refractivity contribution in [3.05, 3.63) is 45.4 Å². The van der Waals surface area contributed by atoms with E-state index in [1.807, 2.05) is 6.07 Å². The highest BCUT2D eigenvalue weighted by Gasteiger charge is 2.23. The summed E-state index contributed by atoms with van der Waals surface area (Å²) in [7, 11) is 0. The summed E-state index contributed by atoms with van der Waals surface area (Å²) in [5.74, 6) is 0.0880. The minimum absolute atomic E-state index is 0.0880. The number of thioether (sulfide) groups is 1. The lowest BCUT2D eigenvalue weighted by atomic mass is 10.3. The van der Waals surface area contributed by atoms with Gasteiger partial charge < -0.3 is 5.32 Å². The maximum Gasteiger partial charge on any atom is 0.348 e. The van der Waals surface area contributed by atoms with Gasteiger partial charge in [0.1, 0.15) is 0 Å². The Bertz CT molecular complexity index is 626. The van der Waals surface area contributed by atoms with Crippen LogP contribution in [0.5, 0.6) is 0 Å². The minimum Gasteiger partial charge on any atom is -0.359 e. The molecule has 0 aliphatic heterocycles. The van der Waals surface area contributed by atoms with E-state index in [2.05, 4.69) is 20.3 Å². The Kier molecular flexibility index (Phi) is 4.70. The third-order valence-corrected chi connectivity index (χ3v) is 3.16. The molecule has 2 heterocycles. The predicted molar refractivity (Wildman–Crippen MR) is 77.0 cm³/mol. The predicted octanol–water partition coefficient (Wildman–Crippen LogP) is 2.77. The van der Waals surface area contributed by atoms with Crippen LogP contribution in [0.25, 0.3) is 0 Å². The fraction of sp³-hybridized carbons (Fsp3) is 0.182. The molecule has 1 N–H and O–H groups in total. The summed E-state index contributed by atoms with van der Waals surface area (Å²) in [6.07, 6.45) is 3.41. The number of rotatable bonds is 5. The van der Waals surface area contributed by atoms with E-state index >= 15 is 0 Å². The van der Waals surface area contributed by atoms with E-state index in [1.165, 1.54) is 11.8 Å². The Labute approximate surface area is 124 Å². The number of hydrogen-bond acceptors (Lipinski definition) is 7. The van der Waals surface area contributed by atoms with Gasteiger partial charge in [-0.15, -0.1) is 0 Å². The van der Waals surface area contributed by atoms with Crippen molar-refractivity contribution in [3.8, 4) is 0 Å². The molecule has 0 fully saturated rings. The van der Waals surface area contributed by atoms with Crippen molar-refractivity contribution in [2.24, 2.45) is 0 Å². The Balaban J connectivity index is 2.29. The second-order valence-electron chi connectivity index (χ2n) is 3.63. The van der Waals surface area contributed by atoms with Crippen molar-refractivity contribution in [2.75, 3.05) is 11.6 Å². The zero-order chi connectivity index (χ0) is 14.5. The second-order valence-corrected chi connectivity index (χ2v) is 4.76. The molecule has 0 atom stereocenters. The highest BCUT2D eigenvalue weighted by atomic mass is 35.5. The molecule has 0 spiro atoms. The summed E-state index contributed by atoms with van der Waals surface area (Å²) in [5, 5.41) is 14.1. The van der Waals surface area contributed by atoms with Crippen LogP contribution in [0.1, 0.15) is 5.69 Å². The molecular formula is C11H10ClN5O2S. The zero-order valence-corrected chi connectivity index (χ0v) is 12.0. The van der Waals surface area contributed by atoms with E-state index in [9.17, 15) is 10.1 Å². The van der Waals surface area contributed by atoms with Crippen LogP contribution in [0.2, 0.25) is 5.15 Å². The van der Waals surface area contributed by atoms with Crippen LogP contribution in [0, 0.1) is 10.1 Å². The third-order valence-electron chi connectivity index (χ3n) is 2.35. The van der Waals surface area contributed by atoms with E-state index in [0.29, 0.717) is 11.7 Å². The van der Waals surface area contributed by atoms with Gasteiger partial charge in [0.15, 0.2) is 5.16 Å². The summed E-state index contributed by atoms with van der Waals surface area (Å²) in [6.45, 7) is 0.308. The first kappa shape index (κ1) is 14.5. The molecule has 7 nitrogen and oxygen atoms in total. The van der Waals surface area contributed by atoms with E-state index in [-0.39, 0.29) is 16.7 Å². The molecule has 2 aromatic heterocycles. The molecule has 0 aliphatic carbocycles. The average Bonchev–Trinajstić information content (AvgIpc) is 2.45. The smallest absolute Gasteiger partial charge is 0.348 e. The lowest BCUT2D eigenvalue weighted by molar-refractivity contribution is -0.384. The number of hydrogen-bond donors (Lipinski definition) is 1. The standard InChI is InChI=1S/C11H10ClN5O2S/c1-20-11-15-9(12)8(17(18)19)10(16-11)14-6-7-4-2-3-5-13-7/h2-5H,6H2,1H3,(H,14,15,16). The summed E-state index contributed by atoms with van der Waals surface area (Å²) in [4.78, 5) is 22.5. The number of anilines is 1. The molecule has 104 valence electrons. The molecule has 0 radical (unpaired) electrons. The number of pyridine rings is 1. The lowest BCUT2D eigenvalue weighted by Gasteiger charge is -2.07. The Hall–Kier alpha value is -1.93. The molecule has 2 rings (SSSR count). The van der Waals surface area contributed by atoms with Gasteiger partial charge in [-0.2, -0.15) is 4.98 Å². The minimum atomic E-state index is -0.604. The van der Waals surface area contributed by atoms with Crippen molar-refractivity contribution in [3.63, 3.8) is 0 Å². The topological polar surface area (TPSA) is 93.8 Å². The van der Waals surface area contributed by atoms with Crippen molar-refractivity contribution in [1.29, 1.82) is 0 Å². The molecule has 0 amide bonds. The molecule has 0 saturated carbocycles. The van der Waals surface area contributed by atoms with Gasteiger partial charge in [-0.25, -0.2) is 4.98 Å². The average molecular weight is 312 g/mol. The van der Waals surface area contributed by atoms with Gasteiger partial charge in [-0.3, -0.25) is 15.1 Å². The summed E-state index contributed by atoms with van der Waals surface area (Å²) < 4.78 is 0. The molecular weight excluding hydrogens is 302 g/mol. The van der Waals surface area contributed by atoms with Crippen molar-refractivity contribution in [2.45, 2.75) is 11.7 Å². The molecule has 9 heteroatoms. The Morgan fingerprint density at radius 2 is 2.25 bits per heavy atom. The normalized spacial score (nSPS) is 10.3. The molecule has 0 aliphatic rings. The van der Waals surface area contributed by atoms with Gasteiger partial charge in [0.2, 0.25) is 11.0 Å². The first-order valence-electron chi connectivity index (χ1n) is 5.51. The molecule has 0 unspecified atom stereocenters. The first-order chi connectivity index (χ1) is 9.61. The first-order valence-corrected chi connectivity index (χ1v) is 7.11. The van der Waals surface area contributed by atoms with Crippen LogP contribution in [0.15, 0.2) is 29.6 Å². The molecule has 2 aromatic rings. The van der Waals surface area contributed by atoms with E-state index < -0.39 is 4.92 Å². The van der Waals surface area contributed by atoms with Crippen LogP contribution >= 0.6 is 23.4 Å². The SMILES string of the molecule is CSc1nc(Cl)c([N+](=O)[O-])c(NCc2ccccn2)n1. The van der Waals surface area contributed by atoms with E-state index in [4.69, 9.17) is 11.6 Å². The number of nitrogens with zero attached hydrogens (tertiary/aromatic N) is 4. The van der Waals surface area contributed by atoms with Crippen LogP contribution in [0.4, 0.5) is 11.5 Å². The van der Waals surface area contributed by atoms with Gasteiger partial charge in [-0.1, -0.05) is 29.4 Å². The van der Waals surface area contributed by atoms with Crippen LogP contribution in [-0.2, 0) is 6.54 Å². The van der Waals surface area contributed by atoms with E-state index in [1.54, 1.807) is 24.6 Å². The molecule has 0 saturated heterocycles. The third kappa shape index (κ3) is 3.34. The van der Waals surface area contributed by atoms with E-state index in [0.717, 1.165) is 5.69 Å². The number of halogens is 1. The fourth-order valence-electron chi connectivity index (χ4n) is 1.46. The Morgan fingerprint density at radius 3 is 2.85 bits per heavy atom. The fourth-order valence-corrected chi connectivity index (χ4v) is 2.12. The quantitative estimate of drug-likeness (QED) is 0.298. The van der Waals surface area contributed by atoms with Crippen LogP contribution < -0.4 is 5.32 Å². The number of nitrogens with one attached hydrogen (secondary N) is 1. The molecule has 20 heavy (non-hydrogen) atoms. The Morgan fingerprint density at radius 1 is 1.45 bits per heavy atom. The van der Waals surface area contributed by atoms with Gasteiger partial charge in [0, 0.05) is 6.20 Å². The maximum atomic E-state index is 11.0. The highest BCUT2D eigenvalue weighted by Crippen LogP contribution is 2.31. The van der Waals surface area contributed by atoms with Crippen molar-refractivity contribution in [1.82, 2.24) is 15.0 Å². The summed E-state index contributed by atoms with van der Waals surface area (Å²) in [6, 6.07) is 5.43. The second kappa shape index (κ2) is 6.49. The lowest BCUT2D eigenvalue weighted by Crippen LogP contribution is -2.08. The van der Waals surface area contributed by atoms with Crippen LogP contribution in [-0.4, -0.2) is 26.1 Å². The van der Waals surface area contributed by atoms with Crippen molar-refractivity contribution < 1.29 is 4.92 Å². The number of aromatic nitrogens is 3. The van der Waals surface area contributed by atoms with Crippen molar-refractivity contribution >= 4 is 34.9 Å². The molecule has 0 bridgehead atoms. The highest BCUT2D eigenvalue weighted by molar-refractivity contribution is 7.98. The van der Waals surface area contributed by atoms with Gasteiger partial charge in [0.05, 0.1) is 17.2 Å². The monoisotopic (exact) mass is 311 g/mol. The maximum absolute atomic E-state index is 11.0. The van der Waals surface area contributed by atoms with Gasteiger partial charge >= 0.3 is 5.69 Å². The summed E-state index contributed by atoms with van der Waals surface area (Å²) >= 11 is 7.08. The van der Waals surface area contributed by atoms with Gasteiger partial charge in [-0.05, 0) is 18.4 Å². The number of nitro groups is 1.